The van der Waals surface area contributed by atoms with Gasteiger partial charge in [0, 0.05) is 45.6 Å². The van der Waals surface area contributed by atoms with Crippen LogP contribution < -0.4 is 0 Å². The van der Waals surface area contributed by atoms with E-state index < -0.39 is 0 Å². The number of cyclic esters (lactones) is 1. The number of hydrogen-bond acceptors (Lipinski definition) is 4. The monoisotopic (exact) mass is 309 g/mol. The van der Waals surface area contributed by atoms with Crippen LogP contribution >= 0.6 is 0 Å². The van der Waals surface area contributed by atoms with E-state index in [2.05, 4.69) is 0 Å². The van der Waals surface area contributed by atoms with E-state index in [-0.39, 0.29) is 23.9 Å². The lowest BCUT2D eigenvalue weighted by molar-refractivity contribution is -0.135. The molecule has 3 fully saturated rings. The number of fused-ring (bicyclic) bond motifs is 1. The molecular formula is C15H23N3O4. The molecule has 0 aromatic heterocycles. The molecule has 3 rings (SSSR count). The van der Waals surface area contributed by atoms with Crippen molar-refractivity contribution in [2.75, 3.05) is 39.3 Å². The number of rotatable bonds is 3. The van der Waals surface area contributed by atoms with Crippen LogP contribution in [0.25, 0.3) is 0 Å². The Morgan fingerprint density at radius 2 is 2.00 bits per heavy atom. The summed E-state index contributed by atoms with van der Waals surface area (Å²) < 4.78 is 5.01. The van der Waals surface area contributed by atoms with Crippen LogP contribution in [0.4, 0.5) is 4.79 Å². The molecule has 122 valence electrons. The van der Waals surface area contributed by atoms with Crippen LogP contribution in [0.5, 0.6) is 0 Å². The van der Waals surface area contributed by atoms with E-state index in [0.29, 0.717) is 45.6 Å². The van der Waals surface area contributed by atoms with Crippen molar-refractivity contribution >= 4 is 17.9 Å². The van der Waals surface area contributed by atoms with Crippen molar-refractivity contribution in [2.24, 2.45) is 0 Å². The highest BCUT2D eigenvalue weighted by Gasteiger charge is 2.38. The average Bonchev–Trinajstić information content (AvgIpc) is 2.77. The van der Waals surface area contributed by atoms with E-state index >= 15 is 0 Å². The minimum Gasteiger partial charge on any atom is -0.447 e. The summed E-state index contributed by atoms with van der Waals surface area (Å²) in [4.78, 5) is 41.0. The van der Waals surface area contributed by atoms with Gasteiger partial charge in [-0.15, -0.1) is 0 Å². The van der Waals surface area contributed by atoms with Gasteiger partial charge in [0.2, 0.25) is 11.8 Å². The molecule has 0 spiro atoms. The maximum Gasteiger partial charge on any atom is 0.410 e. The third-order valence-electron chi connectivity index (χ3n) is 4.74. The van der Waals surface area contributed by atoms with Crippen molar-refractivity contribution < 1.29 is 19.1 Å². The van der Waals surface area contributed by atoms with Gasteiger partial charge in [0.1, 0.15) is 6.61 Å². The van der Waals surface area contributed by atoms with Crippen molar-refractivity contribution in [1.29, 1.82) is 0 Å². The van der Waals surface area contributed by atoms with Crippen LogP contribution in [-0.4, -0.2) is 78.0 Å². The van der Waals surface area contributed by atoms with Crippen LogP contribution in [0.1, 0.15) is 32.1 Å². The normalized spacial score (nSPS) is 25.8. The van der Waals surface area contributed by atoms with Gasteiger partial charge >= 0.3 is 6.09 Å². The number of ether oxygens (including phenoxy) is 1. The quantitative estimate of drug-likeness (QED) is 0.758. The van der Waals surface area contributed by atoms with E-state index in [0.717, 1.165) is 25.8 Å². The molecule has 3 aliphatic heterocycles. The third kappa shape index (κ3) is 3.18. The number of likely N-dealkylation sites (tertiary alicyclic amines) is 1. The third-order valence-corrected chi connectivity index (χ3v) is 4.74. The first-order valence-corrected chi connectivity index (χ1v) is 8.14. The lowest BCUT2D eigenvalue weighted by atomic mass is 10.2. The van der Waals surface area contributed by atoms with E-state index in [1.165, 1.54) is 0 Å². The second kappa shape index (κ2) is 6.54. The van der Waals surface area contributed by atoms with Gasteiger partial charge in [-0.2, -0.15) is 0 Å². The van der Waals surface area contributed by atoms with Crippen molar-refractivity contribution in [3.05, 3.63) is 0 Å². The Hall–Kier alpha value is -1.79. The number of carbonyl (C=O) groups is 3. The maximum atomic E-state index is 12.3. The number of piperazine rings is 1. The number of carbonyl (C=O) groups excluding carboxylic acids is 3. The summed E-state index contributed by atoms with van der Waals surface area (Å²) in [5, 5.41) is 0. The Labute approximate surface area is 130 Å². The fraction of sp³-hybridized carbons (Fsp3) is 0.800. The zero-order chi connectivity index (χ0) is 15.5. The molecule has 7 nitrogen and oxygen atoms in total. The molecule has 0 radical (unpaired) electrons. The predicted molar refractivity (Wildman–Crippen MR) is 78.1 cm³/mol. The fourth-order valence-corrected chi connectivity index (χ4v) is 3.38. The van der Waals surface area contributed by atoms with Gasteiger partial charge in [-0.3, -0.25) is 14.5 Å². The van der Waals surface area contributed by atoms with E-state index in [9.17, 15) is 14.4 Å². The molecule has 0 bridgehead atoms. The predicted octanol–water partition coefficient (Wildman–Crippen LogP) is 0.442. The minimum atomic E-state index is -0.271. The van der Waals surface area contributed by atoms with Gasteiger partial charge in [0.25, 0.3) is 0 Å². The van der Waals surface area contributed by atoms with Gasteiger partial charge in [-0.05, 0) is 12.8 Å². The van der Waals surface area contributed by atoms with Crippen LogP contribution in [0.3, 0.4) is 0 Å². The SMILES string of the molecule is O=C1CCCCCN1CCC(=O)N1CCN2C(=O)OCC2C1. The Kier molecular flexibility index (Phi) is 4.49. The first kappa shape index (κ1) is 15.1. The first-order valence-electron chi connectivity index (χ1n) is 8.14. The van der Waals surface area contributed by atoms with E-state index in [1.807, 2.05) is 4.90 Å². The summed E-state index contributed by atoms with van der Waals surface area (Å²) in [6.45, 7) is 3.28. The van der Waals surface area contributed by atoms with Crippen molar-refractivity contribution in [3.8, 4) is 0 Å². The molecule has 1 atom stereocenters. The van der Waals surface area contributed by atoms with Crippen LogP contribution in [0.15, 0.2) is 0 Å². The zero-order valence-corrected chi connectivity index (χ0v) is 12.8. The summed E-state index contributed by atoms with van der Waals surface area (Å²) in [7, 11) is 0. The van der Waals surface area contributed by atoms with Crippen molar-refractivity contribution in [1.82, 2.24) is 14.7 Å². The summed E-state index contributed by atoms with van der Waals surface area (Å²) in [6, 6.07) is -0.00924. The molecule has 3 aliphatic rings. The van der Waals surface area contributed by atoms with E-state index in [1.54, 1.807) is 9.80 Å². The molecule has 3 amide bonds. The maximum absolute atomic E-state index is 12.3. The van der Waals surface area contributed by atoms with Crippen LogP contribution in [0.2, 0.25) is 0 Å². The number of hydrogen-bond donors (Lipinski definition) is 0. The van der Waals surface area contributed by atoms with Gasteiger partial charge in [-0.1, -0.05) is 6.42 Å². The molecule has 0 aromatic rings. The smallest absolute Gasteiger partial charge is 0.410 e. The molecule has 3 saturated heterocycles. The van der Waals surface area contributed by atoms with Crippen LogP contribution in [0, 0.1) is 0 Å². The molecule has 0 N–H and O–H groups in total. The van der Waals surface area contributed by atoms with E-state index in [4.69, 9.17) is 4.74 Å². The highest BCUT2D eigenvalue weighted by Crippen LogP contribution is 2.18. The number of amides is 3. The molecule has 1 unspecified atom stereocenters. The lowest BCUT2D eigenvalue weighted by Crippen LogP contribution is -2.54. The highest BCUT2D eigenvalue weighted by molar-refractivity contribution is 5.80. The molecule has 22 heavy (non-hydrogen) atoms. The van der Waals surface area contributed by atoms with Gasteiger partial charge in [-0.25, -0.2) is 4.79 Å². The summed E-state index contributed by atoms with van der Waals surface area (Å²) in [5.74, 6) is 0.237. The largest absolute Gasteiger partial charge is 0.447 e. The molecular weight excluding hydrogens is 286 g/mol. The Morgan fingerprint density at radius 1 is 1.14 bits per heavy atom. The summed E-state index contributed by atoms with van der Waals surface area (Å²) in [5.41, 5.74) is 0. The van der Waals surface area contributed by atoms with Crippen molar-refractivity contribution in [3.63, 3.8) is 0 Å². The van der Waals surface area contributed by atoms with Gasteiger partial charge in [0.05, 0.1) is 6.04 Å². The number of nitrogens with zero attached hydrogens (tertiary/aromatic N) is 3. The van der Waals surface area contributed by atoms with Crippen LogP contribution in [-0.2, 0) is 14.3 Å². The fourth-order valence-electron chi connectivity index (χ4n) is 3.38. The molecule has 3 heterocycles. The van der Waals surface area contributed by atoms with Gasteiger partial charge in [0.15, 0.2) is 0 Å². The zero-order valence-electron chi connectivity index (χ0n) is 12.8. The Morgan fingerprint density at radius 3 is 2.86 bits per heavy atom. The molecule has 0 aliphatic carbocycles. The van der Waals surface area contributed by atoms with Crippen molar-refractivity contribution in [2.45, 2.75) is 38.1 Å². The lowest BCUT2D eigenvalue weighted by Gasteiger charge is -2.35. The molecule has 0 saturated carbocycles. The highest BCUT2D eigenvalue weighted by atomic mass is 16.6. The summed E-state index contributed by atoms with van der Waals surface area (Å²) in [6.07, 6.45) is 3.78. The minimum absolute atomic E-state index is 0.00924. The Balaban J connectivity index is 1.48. The molecule has 7 heteroatoms. The standard InChI is InChI=1S/C15H23N3O4/c19-13-4-2-1-3-6-16(13)7-5-14(20)17-8-9-18-12(10-17)11-22-15(18)21/h12H,1-11H2. The topological polar surface area (TPSA) is 70.2 Å². The first-order chi connectivity index (χ1) is 10.6. The second-order valence-electron chi connectivity index (χ2n) is 6.21. The van der Waals surface area contributed by atoms with Gasteiger partial charge < -0.3 is 14.5 Å². The molecule has 0 aromatic carbocycles. The second-order valence-corrected chi connectivity index (χ2v) is 6.21. The Bertz CT molecular complexity index is 468. The average molecular weight is 309 g/mol. The summed E-state index contributed by atoms with van der Waals surface area (Å²) >= 11 is 0.